The SMILES string of the molecule is C=N[C@H]1[C@@H](O[C@@H]2[C@@H](N=CC)[C@@H](OC)OC(CO)[C@@H]2O)OC(CO)[C@H](OC)[C@H]1O. The fraction of sp³-hybridized carbons (Fsp3) is 0.882. The van der Waals surface area contributed by atoms with Gasteiger partial charge in [0.25, 0.3) is 0 Å². The van der Waals surface area contributed by atoms with Crippen LogP contribution in [0.2, 0.25) is 0 Å². The van der Waals surface area contributed by atoms with Crippen molar-refractivity contribution in [3.63, 3.8) is 0 Å². The molecule has 2 unspecified atom stereocenters. The molecule has 11 heteroatoms. The lowest BCUT2D eigenvalue weighted by Crippen LogP contribution is -2.64. The van der Waals surface area contributed by atoms with E-state index < -0.39 is 74.5 Å². The molecule has 162 valence electrons. The summed E-state index contributed by atoms with van der Waals surface area (Å²) in [6, 6.07) is -1.71. The summed E-state index contributed by atoms with van der Waals surface area (Å²) in [5.74, 6) is 0. The summed E-state index contributed by atoms with van der Waals surface area (Å²) in [5, 5.41) is 40.3. The summed E-state index contributed by atoms with van der Waals surface area (Å²) >= 11 is 0. The van der Waals surface area contributed by atoms with Crippen molar-refractivity contribution < 1.29 is 44.1 Å². The van der Waals surface area contributed by atoms with Crippen LogP contribution in [-0.4, -0.2) is 122 Å². The zero-order valence-electron chi connectivity index (χ0n) is 16.2. The number of aliphatic hydroxyl groups is 4. The summed E-state index contributed by atoms with van der Waals surface area (Å²) in [5.41, 5.74) is 0. The lowest BCUT2D eigenvalue weighted by atomic mass is 9.95. The molecule has 0 aromatic heterocycles. The van der Waals surface area contributed by atoms with Crippen LogP contribution in [0.4, 0.5) is 0 Å². The number of hydrogen-bond donors (Lipinski definition) is 4. The van der Waals surface area contributed by atoms with Gasteiger partial charge in [0.05, 0.1) is 13.2 Å². The van der Waals surface area contributed by atoms with Gasteiger partial charge in [0, 0.05) is 14.2 Å². The van der Waals surface area contributed by atoms with Gasteiger partial charge in [-0.15, -0.1) is 0 Å². The highest BCUT2D eigenvalue weighted by molar-refractivity contribution is 5.53. The Balaban J connectivity index is 2.30. The number of aliphatic imine (C=N–C) groups is 2. The highest BCUT2D eigenvalue weighted by atomic mass is 16.7. The number of aliphatic hydroxyl groups excluding tert-OH is 4. The molecule has 0 aromatic rings. The summed E-state index contributed by atoms with van der Waals surface area (Å²) in [6.07, 6.45) is -6.62. The second-order valence-corrected chi connectivity index (χ2v) is 6.54. The summed E-state index contributed by atoms with van der Waals surface area (Å²) in [6.45, 7) is 4.26. The van der Waals surface area contributed by atoms with Gasteiger partial charge in [0.1, 0.15) is 48.7 Å². The van der Waals surface area contributed by atoms with Crippen molar-refractivity contribution in [2.75, 3.05) is 27.4 Å². The van der Waals surface area contributed by atoms with Gasteiger partial charge in [0.15, 0.2) is 12.6 Å². The van der Waals surface area contributed by atoms with Gasteiger partial charge < -0.3 is 44.1 Å². The van der Waals surface area contributed by atoms with Crippen molar-refractivity contribution in [1.82, 2.24) is 0 Å². The van der Waals surface area contributed by atoms with Crippen molar-refractivity contribution >= 4 is 12.9 Å². The molecule has 4 N–H and O–H groups in total. The highest BCUT2D eigenvalue weighted by Crippen LogP contribution is 2.32. The normalized spacial score (nSPS) is 44.7. The van der Waals surface area contributed by atoms with Crippen LogP contribution in [0.25, 0.3) is 0 Å². The van der Waals surface area contributed by atoms with E-state index in [1.807, 2.05) is 0 Å². The Morgan fingerprint density at radius 2 is 1.57 bits per heavy atom. The number of hydrogen-bond acceptors (Lipinski definition) is 11. The third-order valence-electron chi connectivity index (χ3n) is 4.97. The predicted molar refractivity (Wildman–Crippen MR) is 97.5 cm³/mol. The van der Waals surface area contributed by atoms with Crippen LogP contribution < -0.4 is 0 Å². The van der Waals surface area contributed by atoms with E-state index >= 15 is 0 Å². The maximum Gasteiger partial charge on any atom is 0.183 e. The molecule has 0 aliphatic carbocycles. The minimum absolute atomic E-state index is 0.424. The molecule has 0 saturated carbocycles. The van der Waals surface area contributed by atoms with Crippen LogP contribution in [0.3, 0.4) is 0 Å². The number of nitrogens with zero attached hydrogens (tertiary/aromatic N) is 2. The first-order valence-electron chi connectivity index (χ1n) is 9.00. The van der Waals surface area contributed by atoms with Gasteiger partial charge in [-0.3, -0.25) is 9.98 Å². The molecule has 0 bridgehead atoms. The number of ether oxygens (including phenoxy) is 5. The molecule has 0 amide bonds. The Labute approximate surface area is 163 Å². The van der Waals surface area contributed by atoms with E-state index in [4.69, 9.17) is 23.7 Å². The second-order valence-electron chi connectivity index (χ2n) is 6.54. The van der Waals surface area contributed by atoms with Gasteiger partial charge >= 0.3 is 0 Å². The summed E-state index contributed by atoms with van der Waals surface area (Å²) in [4.78, 5) is 8.14. The van der Waals surface area contributed by atoms with E-state index in [2.05, 4.69) is 16.7 Å². The largest absolute Gasteiger partial charge is 0.394 e. The Morgan fingerprint density at radius 1 is 0.929 bits per heavy atom. The van der Waals surface area contributed by atoms with E-state index in [1.165, 1.54) is 20.4 Å². The molecular formula is C17H30N2O9. The quantitative estimate of drug-likeness (QED) is 0.327. The predicted octanol–water partition coefficient (Wildman–Crippen LogP) is -2.28. The Morgan fingerprint density at radius 3 is 2.07 bits per heavy atom. The maximum absolute atomic E-state index is 10.6. The first-order valence-corrected chi connectivity index (χ1v) is 9.00. The molecule has 0 aromatic carbocycles. The van der Waals surface area contributed by atoms with E-state index in [9.17, 15) is 20.4 Å². The fourth-order valence-corrected chi connectivity index (χ4v) is 3.54. The van der Waals surface area contributed by atoms with Gasteiger partial charge in [-0.05, 0) is 19.9 Å². The topological polar surface area (TPSA) is 152 Å². The standard InChI is InChI=1S/C17H30N2O9/c1-5-19-11-15(12(22)8(6-20)26-16(11)25-4)28-17-10(18-2)13(23)14(24-3)9(7-21)27-17/h5,8-17,20-23H,2,6-7H2,1,3-4H3/t8?,9?,10-,11-,12+,13+,14+,15-,16+,17-/m1/s1. The lowest BCUT2D eigenvalue weighted by Gasteiger charge is -2.46. The minimum Gasteiger partial charge on any atom is -0.394 e. The molecule has 2 rings (SSSR count). The van der Waals surface area contributed by atoms with Crippen LogP contribution >= 0.6 is 0 Å². The maximum atomic E-state index is 10.6. The van der Waals surface area contributed by atoms with Gasteiger partial charge in [-0.25, -0.2) is 0 Å². The third kappa shape index (κ3) is 4.58. The van der Waals surface area contributed by atoms with Crippen molar-refractivity contribution in [3.8, 4) is 0 Å². The van der Waals surface area contributed by atoms with Crippen LogP contribution in [-0.2, 0) is 23.7 Å². The van der Waals surface area contributed by atoms with Gasteiger partial charge in [-0.1, -0.05) is 0 Å². The summed E-state index contributed by atoms with van der Waals surface area (Å²) < 4.78 is 27.7. The van der Waals surface area contributed by atoms with Crippen LogP contribution in [0.1, 0.15) is 6.92 Å². The average molecular weight is 406 g/mol. The smallest absolute Gasteiger partial charge is 0.183 e. The van der Waals surface area contributed by atoms with Crippen molar-refractivity contribution in [3.05, 3.63) is 0 Å². The minimum atomic E-state index is -1.26. The zero-order valence-corrected chi connectivity index (χ0v) is 16.2. The van der Waals surface area contributed by atoms with E-state index in [-0.39, 0.29) is 0 Å². The zero-order chi connectivity index (χ0) is 20.8. The number of methoxy groups -OCH3 is 2. The van der Waals surface area contributed by atoms with Crippen molar-refractivity contribution in [2.24, 2.45) is 9.98 Å². The Bertz CT molecular complexity index is 523. The molecule has 0 spiro atoms. The molecule has 2 saturated heterocycles. The lowest BCUT2D eigenvalue weighted by molar-refractivity contribution is -0.322. The molecule has 2 fully saturated rings. The molecule has 2 aliphatic heterocycles. The van der Waals surface area contributed by atoms with Crippen LogP contribution in [0.5, 0.6) is 0 Å². The van der Waals surface area contributed by atoms with Crippen LogP contribution in [0.15, 0.2) is 9.98 Å². The van der Waals surface area contributed by atoms with Gasteiger partial charge in [-0.2, -0.15) is 0 Å². The molecule has 0 radical (unpaired) electrons. The molecule has 11 nitrogen and oxygen atoms in total. The monoisotopic (exact) mass is 406 g/mol. The average Bonchev–Trinajstić information content (AvgIpc) is 2.70. The molecular weight excluding hydrogens is 376 g/mol. The third-order valence-corrected chi connectivity index (χ3v) is 4.97. The molecule has 2 aliphatic rings. The Kier molecular flexibility index (Phi) is 8.86. The number of rotatable bonds is 8. The van der Waals surface area contributed by atoms with Crippen molar-refractivity contribution in [1.29, 1.82) is 0 Å². The van der Waals surface area contributed by atoms with E-state index in [0.29, 0.717) is 0 Å². The molecule has 28 heavy (non-hydrogen) atoms. The van der Waals surface area contributed by atoms with Crippen LogP contribution in [0, 0.1) is 0 Å². The first-order chi connectivity index (χ1) is 13.5. The summed E-state index contributed by atoms with van der Waals surface area (Å²) in [7, 11) is 2.79. The van der Waals surface area contributed by atoms with Crippen molar-refractivity contribution in [2.45, 2.75) is 68.2 Å². The fourth-order valence-electron chi connectivity index (χ4n) is 3.54. The second kappa shape index (κ2) is 10.7. The highest BCUT2D eigenvalue weighted by Gasteiger charge is 2.51. The molecule has 2 heterocycles. The first kappa shape index (κ1) is 23.3. The van der Waals surface area contributed by atoms with Gasteiger partial charge in [0.2, 0.25) is 0 Å². The molecule has 10 atom stereocenters. The Hall–Kier alpha value is -1.02. The van der Waals surface area contributed by atoms with E-state index in [1.54, 1.807) is 6.92 Å². The van der Waals surface area contributed by atoms with E-state index in [0.717, 1.165) is 0 Å².